The van der Waals surface area contributed by atoms with E-state index >= 15 is 0 Å². The Morgan fingerprint density at radius 3 is 2.80 bits per heavy atom. The lowest BCUT2D eigenvalue weighted by molar-refractivity contribution is -0.143. The molecule has 0 spiro atoms. The first kappa shape index (κ1) is 12.0. The molecule has 1 saturated heterocycles. The molecule has 1 rings (SSSR count). The van der Waals surface area contributed by atoms with E-state index in [4.69, 9.17) is 5.26 Å². The van der Waals surface area contributed by atoms with Gasteiger partial charge in [0.2, 0.25) is 5.91 Å². The second-order valence-electron chi connectivity index (χ2n) is 4.17. The predicted octanol–water partition coefficient (Wildman–Crippen LogP) is 0.841. The molecule has 1 aliphatic heterocycles. The Morgan fingerprint density at radius 2 is 2.27 bits per heavy atom. The van der Waals surface area contributed by atoms with Crippen LogP contribution in [0, 0.1) is 11.3 Å². The molecule has 15 heavy (non-hydrogen) atoms. The molecule has 0 aromatic rings. The Kier molecular flexibility index (Phi) is 4.10. The van der Waals surface area contributed by atoms with Crippen LogP contribution in [0.2, 0.25) is 0 Å². The summed E-state index contributed by atoms with van der Waals surface area (Å²) in [4.78, 5) is 15.8. The molecule has 1 fully saturated rings. The highest BCUT2D eigenvalue weighted by Crippen LogP contribution is 2.17. The van der Waals surface area contributed by atoms with Crippen LogP contribution in [0.1, 0.15) is 26.7 Å². The Balaban J connectivity index is 2.77. The highest BCUT2D eigenvalue weighted by atomic mass is 16.2. The summed E-state index contributed by atoms with van der Waals surface area (Å²) in [6.45, 7) is 5.92. The number of hydrogen-bond donors (Lipinski definition) is 0. The molecule has 0 aromatic heterocycles. The van der Waals surface area contributed by atoms with Crippen LogP contribution in [-0.2, 0) is 4.79 Å². The molecule has 2 atom stereocenters. The molecule has 0 saturated carbocycles. The Bertz CT molecular complexity index is 271. The summed E-state index contributed by atoms with van der Waals surface area (Å²) in [6.07, 6.45) is 1.32. The van der Waals surface area contributed by atoms with Crippen molar-refractivity contribution < 1.29 is 4.79 Å². The molecule has 1 heterocycles. The third-order valence-electron chi connectivity index (χ3n) is 3.03. The van der Waals surface area contributed by atoms with Crippen molar-refractivity contribution in [1.82, 2.24) is 9.80 Å². The van der Waals surface area contributed by atoms with Gasteiger partial charge in [-0.2, -0.15) is 5.26 Å². The van der Waals surface area contributed by atoms with Crippen LogP contribution in [-0.4, -0.2) is 47.9 Å². The first-order valence-corrected chi connectivity index (χ1v) is 5.49. The number of hydrogen-bond acceptors (Lipinski definition) is 3. The lowest BCUT2D eigenvalue weighted by Crippen LogP contribution is -2.59. The fourth-order valence-corrected chi connectivity index (χ4v) is 2.03. The van der Waals surface area contributed by atoms with Crippen LogP contribution >= 0.6 is 0 Å². The smallest absolute Gasteiger partial charge is 0.241 e. The van der Waals surface area contributed by atoms with Crippen LogP contribution in [0.5, 0.6) is 0 Å². The molecule has 0 bridgehead atoms. The molecule has 0 N–H and O–H groups in total. The van der Waals surface area contributed by atoms with E-state index in [-0.39, 0.29) is 18.0 Å². The summed E-state index contributed by atoms with van der Waals surface area (Å²) >= 11 is 0. The summed E-state index contributed by atoms with van der Waals surface area (Å²) in [6, 6.07) is 2.13. The van der Waals surface area contributed by atoms with Crippen LogP contribution < -0.4 is 0 Å². The van der Waals surface area contributed by atoms with Gasteiger partial charge < -0.3 is 4.90 Å². The third kappa shape index (κ3) is 2.48. The van der Waals surface area contributed by atoms with Gasteiger partial charge in [-0.15, -0.1) is 0 Å². The fourth-order valence-electron chi connectivity index (χ4n) is 2.03. The van der Waals surface area contributed by atoms with Crippen molar-refractivity contribution in [1.29, 1.82) is 5.26 Å². The summed E-state index contributed by atoms with van der Waals surface area (Å²) in [5, 5.41) is 8.73. The third-order valence-corrected chi connectivity index (χ3v) is 3.03. The molecule has 0 aromatic carbocycles. The maximum Gasteiger partial charge on any atom is 0.241 e. The number of nitrogens with zero attached hydrogens (tertiary/aromatic N) is 3. The zero-order valence-electron chi connectivity index (χ0n) is 9.73. The Morgan fingerprint density at radius 1 is 1.60 bits per heavy atom. The summed E-state index contributed by atoms with van der Waals surface area (Å²) in [7, 11) is 1.82. The van der Waals surface area contributed by atoms with Crippen molar-refractivity contribution in [3.63, 3.8) is 0 Å². The van der Waals surface area contributed by atoms with Gasteiger partial charge >= 0.3 is 0 Å². The van der Waals surface area contributed by atoms with Gasteiger partial charge in [0.05, 0.1) is 12.5 Å². The van der Waals surface area contributed by atoms with Crippen molar-refractivity contribution in [3.8, 4) is 6.07 Å². The summed E-state index contributed by atoms with van der Waals surface area (Å²) in [5.41, 5.74) is 0. The molecule has 1 amide bonds. The minimum Gasteiger partial charge on any atom is -0.340 e. The molecule has 4 nitrogen and oxygen atoms in total. The Labute approximate surface area is 91.5 Å². The number of amides is 1. The van der Waals surface area contributed by atoms with E-state index < -0.39 is 0 Å². The van der Waals surface area contributed by atoms with Gasteiger partial charge in [-0.3, -0.25) is 9.69 Å². The van der Waals surface area contributed by atoms with Crippen LogP contribution in [0.3, 0.4) is 0 Å². The molecule has 1 aliphatic rings. The van der Waals surface area contributed by atoms with Gasteiger partial charge in [-0.05, 0) is 19.9 Å². The van der Waals surface area contributed by atoms with Crippen molar-refractivity contribution in [2.24, 2.45) is 0 Å². The molecular weight excluding hydrogens is 190 g/mol. The van der Waals surface area contributed by atoms with Crippen molar-refractivity contribution in [3.05, 3.63) is 0 Å². The van der Waals surface area contributed by atoms with Gasteiger partial charge in [0.1, 0.15) is 6.04 Å². The highest BCUT2D eigenvalue weighted by Gasteiger charge is 2.35. The lowest BCUT2D eigenvalue weighted by atomic mass is 10.0. The first-order chi connectivity index (χ1) is 7.11. The number of nitriles is 1. The van der Waals surface area contributed by atoms with E-state index in [1.54, 1.807) is 4.90 Å². The number of carbonyl (C=O) groups excluding carboxylic acids is 1. The van der Waals surface area contributed by atoms with Gasteiger partial charge in [-0.1, -0.05) is 6.92 Å². The number of carbonyl (C=O) groups is 1. The van der Waals surface area contributed by atoms with Gasteiger partial charge in [0.25, 0.3) is 0 Å². The summed E-state index contributed by atoms with van der Waals surface area (Å²) < 4.78 is 0. The van der Waals surface area contributed by atoms with E-state index in [1.165, 1.54) is 0 Å². The SMILES string of the molecule is CCCN1CC(C)N(C)C(=O)C1CC#N. The van der Waals surface area contributed by atoms with E-state index in [1.807, 2.05) is 14.0 Å². The zero-order chi connectivity index (χ0) is 11.4. The quantitative estimate of drug-likeness (QED) is 0.692. The van der Waals surface area contributed by atoms with Crippen molar-refractivity contribution >= 4 is 5.91 Å². The second kappa shape index (κ2) is 5.13. The minimum atomic E-state index is -0.226. The lowest BCUT2D eigenvalue weighted by Gasteiger charge is -2.42. The average molecular weight is 209 g/mol. The zero-order valence-corrected chi connectivity index (χ0v) is 9.73. The van der Waals surface area contributed by atoms with Gasteiger partial charge in [0, 0.05) is 19.6 Å². The van der Waals surface area contributed by atoms with Crippen molar-refractivity contribution in [2.75, 3.05) is 20.1 Å². The highest BCUT2D eigenvalue weighted by molar-refractivity contribution is 5.83. The first-order valence-electron chi connectivity index (χ1n) is 5.49. The number of rotatable bonds is 3. The van der Waals surface area contributed by atoms with Gasteiger partial charge in [0.15, 0.2) is 0 Å². The van der Waals surface area contributed by atoms with Crippen molar-refractivity contribution in [2.45, 2.75) is 38.8 Å². The topological polar surface area (TPSA) is 47.3 Å². The monoisotopic (exact) mass is 209 g/mol. The van der Waals surface area contributed by atoms with Gasteiger partial charge in [-0.25, -0.2) is 0 Å². The average Bonchev–Trinajstić information content (AvgIpc) is 2.21. The largest absolute Gasteiger partial charge is 0.340 e. The predicted molar refractivity (Wildman–Crippen MR) is 58.1 cm³/mol. The summed E-state index contributed by atoms with van der Waals surface area (Å²) in [5.74, 6) is 0.0868. The molecule has 2 unspecified atom stereocenters. The number of likely N-dealkylation sites (N-methyl/N-ethyl adjacent to an activating group) is 1. The molecule has 0 aliphatic carbocycles. The maximum absolute atomic E-state index is 11.9. The molecule has 0 radical (unpaired) electrons. The van der Waals surface area contributed by atoms with E-state index in [2.05, 4.69) is 17.9 Å². The fraction of sp³-hybridized carbons (Fsp3) is 0.818. The van der Waals surface area contributed by atoms with E-state index in [9.17, 15) is 4.79 Å². The molecular formula is C11H19N3O. The normalized spacial score (nSPS) is 27.9. The molecule has 4 heteroatoms. The Hall–Kier alpha value is -1.08. The minimum absolute atomic E-state index is 0.0868. The molecule has 84 valence electrons. The van der Waals surface area contributed by atoms with E-state index in [0.29, 0.717) is 6.42 Å². The second-order valence-corrected chi connectivity index (χ2v) is 4.17. The number of piperazine rings is 1. The maximum atomic E-state index is 11.9. The van der Waals surface area contributed by atoms with E-state index in [0.717, 1.165) is 19.5 Å². The van der Waals surface area contributed by atoms with Crippen LogP contribution in [0.4, 0.5) is 0 Å². The standard InChI is InChI=1S/C11H19N3O/c1-4-7-14-8-9(2)13(3)11(15)10(14)5-6-12/h9-10H,4-5,7-8H2,1-3H3. The van der Waals surface area contributed by atoms with Crippen LogP contribution in [0.25, 0.3) is 0 Å². The van der Waals surface area contributed by atoms with Crippen LogP contribution in [0.15, 0.2) is 0 Å².